The van der Waals surface area contributed by atoms with Crippen molar-refractivity contribution in [1.82, 2.24) is 14.8 Å². The van der Waals surface area contributed by atoms with E-state index in [0.717, 1.165) is 51.0 Å². The van der Waals surface area contributed by atoms with Gasteiger partial charge in [0.05, 0.1) is 12.1 Å². The molecule has 1 aliphatic heterocycles. The Labute approximate surface area is 226 Å². The van der Waals surface area contributed by atoms with Crippen LogP contribution in [0.15, 0.2) is 64.8 Å². The number of piperazine rings is 1. The van der Waals surface area contributed by atoms with E-state index in [1.54, 1.807) is 17.4 Å². The standard InChI is InChI=1S/C29H34N4O4S/c1-2-30-29(35)37-21-33-26-20-23(10-8-22(26)9-11-28(33)34)36-18-4-3-13-31-14-16-32(17-15-31)25-6-5-7-27-24(25)12-19-38-27/h5-12,19-20H,2-4,13-18,21H2,1H3,(H,30,35). The summed E-state index contributed by atoms with van der Waals surface area (Å²) in [6, 6.07) is 17.7. The lowest BCUT2D eigenvalue weighted by atomic mass is 10.2. The first-order valence-corrected chi connectivity index (χ1v) is 14.1. The average Bonchev–Trinajstić information content (AvgIpc) is 3.42. The minimum atomic E-state index is -0.551. The highest BCUT2D eigenvalue weighted by Gasteiger charge is 2.18. The molecule has 1 fully saturated rings. The number of hydrogen-bond acceptors (Lipinski definition) is 7. The fraction of sp³-hybridized carbons (Fsp3) is 0.379. The third-order valence-corrected chi connectivity index (χ3v) is 7.82. The molecule has 0 saturated carbocycles. The molecule has 2 aromatic carbocycles. The first-order valence-electron chi connectivity index (χ1n) is 13.2. The molecule has 3 heterocycles. The second-order valence-electron chi connectivity index (χ2n) is 9.41. The molecular formula is C29H34N4O4S. The van der Waals surface area contributed by atoms with Crippen LogP contribution in [0, 0.1) is 0 Å². The monoisotopic (exact) mass is 534 g/mol. The molecular weight excluding hydrogens is 500 g/mol. The zero-order valence-electron chi connectivity index (χ0n) is 21.7. The number of nitrogens with one attached hydrogen (secondary N) is 1. The van der Waals surface area contributed by atoms with E-state index in [1.165, 1.54) is 26.4 Å². The van der Waals surface area contributed by atoms with E-state index in [0.29, 0.717) is 24.4 Å². The highest BCUT2D eigenvalue weighted by molar-refractivity contribution is 7.17. The Kier molecular flexibility index (Phi) is 8.45. The zero-order valence-corrected chi connectivity index (χ0v) is 22.5. The Hall–Kier alpha value is -3.56. The van der Waals surface area contributed by atoms with Crippen molar-refractivity contribution < 1.29 is 14.3 Å². The molecule has 5 rings (SSSR count). The predicted octanol–water partition coefficient (Wildman–Crippen LogP) is 4.90. The van der Waals surface area contributed by atoms with Gasteiger partial charge in [-0.25, -0.2) is 4.79 Å². The number of unbranched alkanes of at least 4 members (excludes halogenated alkanes) is 1. The molecule has 38 heavy (non-hydrogen) atoms. The lowest BCUT2D eigenvalue weighted by Crippen LogP contribution is -2.46. The van der Waals surface area contributed by atoms with Gasteiger partial charge in [-0.1, -0.05) is 6.07 Å². The van der Waals surface area contributed by atoms with Crippen LogP contribution < -0.4 is 20.5 Å². The zero-order chi connectivity index (χ0) is 26.3. The number of rotatable bonds is 10. The van der Waals surface area contributed by atoms with Crippen molar-refractivity contribution in [3.8, 4) is 5.75 Å². The number of amides is 1. The largest absolute Gasteiger partial charge is 0.494 e. The minimum absolute atomic E-state index is 0.152. The summed E-state index contributed by atoms with van der Waals surface area (Å²) in [4.78, 5) is 29.1. The molecule has 200 valence electrons. The van der Waals surface area contributed by atoms with Crippen LogP contribution in [0.25, 0.3) is 21.0 Å². The Bertz CT molecular complexity index is 1440. The van der Waals surface area contributed by atoms with Gasteiger partial charge in [0.1, 0.15) is 5.75 Å². The van der Waals surface area contributed by atoms with E-state index in [2.05, 4.69) is 44.8 Å². The van der Waals surface area contributed by atoms with E-state index in [1.807, 2.05) is 25.1 Å². The first kappa shape index (κ1) is 26.1. The number of hydrogen-bond donors (Lipinski definition) is 1. The number of carbonyl (C=O) groups is 1. The number of alkyl carbamates (subject to hydrolysis) is 1. The molecule has 0 aliphatic carbocycles. The second-order valence-corrected chi connectivity index (χ2v) is 10.4. The van der Waals surface area contributed by atoms with Gasteiger partial charge in [0.25, 0.3) is 5.56 Å². The van der Waals surface area contributed by atoms with Gasteiger partial charge in [0.15, 0.2) is 6.73 Å². The van der Waals surface area contributed by atoms with E-state index >= 15 is 0 Å². The summed E-state index contributed by atoms with van der Waals surface area (Å²) in [5.74, 6) is 0.700. The number of carbonyl (C=O) groups excluding carboxylic acids is 1. The third kappa shape index (κ3) is 6.11. The molecule has 9 heteroatoms. The highest BCUT2D eigenvalue weighted by Crippen LogP contribution is 2.31. The highest BCUT2D eigenvalue weighted by atomic mass is 32.1. The van der Waals surface area contributed by atoms with Gasteiger partial charge in [0.2, 0.25) is 0 Å². The molecule has 0 radical (unpaired) electrons. The maximum Gasteiger partial charge on any atom is 0.408 e. The Morgan fingerprint density at radius 3 is 2.71 bits per heavy atom. The number of aromatic nitrogens is 1. The van der Waals surface area contributed by atoms with Gasteiger partial charge in [-0.3, -0.25) is 14.3 Å². The van der Waals surface area contributed by atoms with Crippen LogP contribution in [0.1, 0.15) is 19.8 Å². The van der Waals surface area contributed by atoms with E-state index in [-0.39, 0.29) is 12.3 Å². The van der Waals surface area contributed by atoms with Gasteiger partial charge < -0.3 is 19.7 Å². The number of fused-ring (bicyclic) bond motifs is 2. The van der Waals surface area contributed by atoms with Crippen molar-refractivity contribution in [2.75, 3.05) is 50.8 Å². The fourth-order valence-electron chi connectivity index (χ4n) is 4.90. The van der Waals surface area contributed by atoms with E-state index in [4.69, 9.17) is 9.47 Å². The lowest BCUT2D eigenvalue weighted by molar-refractivity contribution is 0.115. The molecule has 0 bridgehead atoms. The maximum atomic E-state index is 12.4. The number of thiophene rings is 1. The lowest BCUT2D eigenvalue weighted by Gasteiger charge is -2.36. The SMILES string of the molecule is CCNC(=O)OCn1c(=O)ccc2ccc(OCCCCN3CCN(c4cccc5sccc45)CC3)cc21. The topological polar surface area (TPSA) is 76.0 Å². The smallest absolute Gasteiger partial charge is 0.408 e. The molecule has 0 atom stereocenters. The second kappa shape index (κ2) is 12.3. The van der Waals surface area contributed by atoms with Crippen LogP contribution in [0.5, 0.6) is 5.75 Å². The third-order valence-electron chi connectivity index (χ3n) is 6.93. The van der Waals surface area contributed by atoms with Crippen molar-refractivity contribution >= 4 is 44.1 Å². The van der Waals surface area contributed by atoms with Crippen LogP contribution in [0.3, 0.4) is 0 Å². The molecule has 1 amide bonds. The first-order chi connectivity index (χ1) is 18.6. The van der Waals surface area contributed by atoms with E-state index in [9.17, 15) is 9.59 Å². The maximum absolute atomic E-state index is 12.4. The summed E-state index contributed by atoms with van der Waals surface area (Å²) in [5.41, 5.74) is 1.80. The summed E-state index contributed by atoms with van der Waals surface area (Å²) in [5, 5.41) is 6.98. The summed E-state index contributed by atoms with van der Waals surface area (Å²) >= 11 is 1.80. The molecule has 8 nitrogen and oxygen atoms in total. The predicted molar refractivity (Wildman–Crippen MR) is 154 cm³/mol. The fourth-order valence-corrected chi connectivity index (χ4v) is 5.71. The number of anilines is 1. The number of benzene rings is 2. The van der Waals surface area contributed by atoms with Crippen LogP contribution in [-0.4, -0.2) is 61.4 Å². The van der Waals surface area contributed by atoms with Gasteiger partial charge in [-0.2, -0.15) is 0 Å². The van der Waals surface area contributed by atoms with Crippen LogP contribution in [0.2, 0.25) is 0 Å². The van der Waals surface area contributed by atoms with Gasteiger partial charge in [-0.15, -0.1) is 11.3 Å². The van der Waals surface area contributed by atoms with Gasteiger partial charge >= 0.3 is 6.09 Å². The molecule has 1 N–H and O–H groups in total. The van der Waals surface area contributed by atoms with Gasteiger partial charge in [0, 0.05) is 60.6 Å². The number of ether oxygens (including phenoxy) is 2. The summed E-state index contributed by atoms with van der Waals surface area (Å²) in [6.45, 7) is 8.03. The van der Waals surface area contributed by atoms with Crippen molar-refractivity contribution in [3.05, 3.63) is 70.3 Å². The molecule has 0 unspecified atom stereocenters. The Morgan fingerprint density at radius 2 is 1.87 bits per heavy atom. The van der Waals surface area contributed by atoms with Crippen LogP contribution >= 0.6 is 11.3 Å². The summed E-state index contributed by atoms with van der Waals surface area (Å²) in [7, 11) is 0. The Balaban J connectivity index is 1.08. The number of pyridine rings is 1. The molecule has 0 spiro atoms. The van der Waals surface area contributed by atoms with Crippen LogP contribution in [0.4, 0.5) is 10.5 Å². The van der Waals surface area contributed by atoms with Crippen molar-refractivity contribution in [2.24, 2.45) is 0 Å². The van der Waals surface area contributed by atoms with Crippen molar-refractivity contribution in [1.29, 1.82) is 0 Å². The van der Waals surface area contributed by atoms with Crippen molar-refractivity contribution in [2.45, 2.75) is 26.5 Å². The van der Waals surface area contributed by atoms with Crippen molar-refractivity contribution in [3.63, 3.8) is 0 Å². The summed E-state index contributed by atoms with van der Waals surface area (Å²) in [6.07, 6.45) is 1.47. The van der Waals surface area contributed by atoms with E-state index < -0.39 is 6.09 Å². The molecule has 4 aromatic rings. The van der Waals surface area contributed by atoms with Crippen LogP contribution in [-0.2, 0) is 11.5 Å². The normalized spacial score (nSPS) is 14.2. The number of nitrogens with zero attached hydrogens (tertiary/aromatic N) is 3. The minimum Gasteiger partial charge on any atom is -0.494 e. The quantitative estimate of drug-likeness (QED) is 0.292. The molecule has 2 aromatic heterocycles. The van der Waals surface area contributed by atoms with Gasteiger partial charge in [-0.05, 0) is 73.5 Å². The average molecular weight is 535 g/mol. The molecule has 1 aliphatic rings. The summed E-state index contributed by atoms with van der Waals surface area (Å²) < 4.78 is 14.0. The molecule has 1 saturated heterocycles. The Morgan fingerprint density at radius 1 is 1.03 bits per heavy atom.